The summed E-state index contributed by atoms with van der Waals surface area (Å²) in [6.45, 7) is 2.45. The van der Waals surface area contributed by atoms with Crippen molar-refractivity contribution in [1.29, 1.82) is 0 Å². The van der Waals surface area contributed by atoms with E-state index in [1.165, 1.54) is 18.8 Å². The maximum absolute atomic E-state index is 3.40. The molecule has 0 radical (unpaired) electrons. The smallest absolute Gasteiger partial charge is 0.0368 e. The van der Waals surface area contributed by atoms with Crippen molar-refractivity contribution in [2.45, 2.75) is 0 Å². The highest BCUT2D eigenvalue weighted by Gasteiger charge is 2.16. The molecule has 2 heteroatoms. The lowest BCUT2D eigenvalue weighted by Gasteiger charge is -2.00. The number of rotatable bonds is 1. The Hall–Kier alpha value is -0.500. The molecule has 0 N–H and O–H groups in total. The van der Waals surface area contributed by atoms with Gasteiger partial charge in [0, 0.05) is 23.2 Å². The van der Waals surface area contributed by atoms with Gasteiger partial charge in [-0.25, -0.2) is 0 Å². The Morgan fingerprint density at radius 2 is 1.70 bits per heavy atom. The molecule has 0 aliphatic carbocycles. The van der Waals surface area contributed by atoms with Crippen molar-refractivity contribution in [2.24, 2.45) is 0 Å². The zero-order valence-electron chi connectivity index (χ0n) is 5.55. The molecule has 1 aliphatic heterocycles. The number of benzene rings is 1. The van der Waals surface area contributed by atoms with E-state index in [-0.39, 0.29) is 0 Å². The topological polar surface area (TPSA) is 3.01 Å². The van der Waals surface area contributed by atoms with E-state index >= 15 is 0 Å². The molecule has 0 aromatic heterocycles. The van der Waals surface area contributed by atoms with E-state index in [0.717, 1.165) is 4.47 Å². The average molecular weight is 198 g/mol. The number of hydrogen-bond acceptors (Lipinski definition) is 1. The van der Waals surface area contributed by atoms with E-state index in [9.17, 15) is 0 Å². The first-order chi connectivity index (χ1) is 4.86. The molecule has 1 aliphatic rings. The summed E-state index contributed by atoms with van der Waals surface area (Å²) in [6, 6.07) is 8.43. The first-order valence-corrected chi connectivity index (χ1v) is 4.16. The summed E-state index contributed by atoms with van der Waals surface area (Å²) in [5, 5.41) is 0. The molecule has 1 nitrogen and oxygen atoms in total. The molecule has 0 atom stereocenters. The molecule has 0 bridgehead atoms. The van der Waals surface area contributed by atoms with Crippen LogP contribution in [-0.4, -0.2) is 13.1 Å². The highest BCUT2D eigenvalue weighted by atomic mass is 79.9. The van der Waals surface area contributed by atoms with Crippen LogP contribution in [0.25, 0.3) is 0 Å². The minimum atomic E-state index is 1.15. The Morgan fingerprint density at radius 1 is 1.10 bits per heavy atom. The van der Waals surface area contributed by atoms with Gasteiger partial charge in [-0.1, -0.05) is 15.9 Å². The van der Waals surface area contributed by atoms with Crippen molar-refractivity contribution in [2.75, 3.05) is 18.0 Å². The fraction of sp³-hybridized carbons (Fsp3) is 0.250. The highest BCUT2D eigenvalue weighted by molar-refractivity contribution is 9.10. The minimum Gasteiger partial charge on any atom is -0.368 e. The highest BCUT2D eigenvalue weighted by Crippen LogP contribution is 2.22. The van der Waals surface area contributed by atoms with Gasteiger partial charge in [0.1, 0.15) is 0 Å². The molecular formula is C8H8BrN. The van der Waals surface area contributed by atoms with Crippen LogP contribution >= 0.6 is 15.9 Å². The first kappa shape index (κ1) is 6.23. The molecule has 2 rings (SSSR count). The van der Waals surface area contributed by atoms with Crippen LogP contribution in [0.15, 0.2) is 28.7 Å². The molecule has 1 saturated heterocycles. The zero-order valence-corrected chi connectivity index (χ0v) is 7.13. The quantitative estimate of drug-likeness (QED) is 0.625. The van der Waals surface area contributed by atoms with Gasteiger partial charge in [-0.3, -0.25) is 0 Å². The summed E-state index contributed by atoms with van der Waals surface area (Å²) in [5.41, 5.74) is 1.34. The Kier molecular flexibility index (Phi) is 1.42. The fourth-order valence-corrected chi connectivity index (χ4v) is 1.22. The van der Waals surface area contributed by atoms with Crippen LogP contribution in [0.4, 0.5) is 5.69 Å². The molecule has 1 aromatic rings. The van der Waals surface area contributed by atoms with Gasteiger partial charge < -0.3 is 4.90 Å². The molecular weight excluding hydrogens is 190 g/mol. The van der Waals surface area contributed by atoms with Crippen molar-refractivity contribution in [3.63, 3.8) is 0 Å². The summed E-state index contributed by atoms with van der Waals surface area (Å²) in [5.74, 6) is 0. The van der Waals surface area contributed by atoms with Crippen molar-refractivity contribution >= 4 is 21.6 Å². The third kappa shape index (κ3) is 1.16. The van der Waals surface area contributed by atoms with Crippen LogP contribution in [0.3, 0.4) is 0 Å². The predicted molar refractivity (Wildman–Crippen MR) is 46.4 cm³/mol. The lowest BCUT2D eigenvalue weighted by molar-refractivity contribution is 1.39. The van der Waals surface area contributed by atoms with Gasteiger partial charge in [-0.2, -0.15) is 0 Å². The van der Waals surface area contributed by atoms with Gasteiger partial charge in [0.2, 0.25) is 0 Å². The second kappa shape index (κ2) is 2.27. The normalized spacial score (nSPS) is 15.5. The molecule has 0 spiro atoms. The lowest BCUT2D eigenvalue weighted by atomic mass is 10.3. The fourth-order valence-electron chi connectivity index (χ4n) is 0.960. The molecule has 0 amide bonds. The molecule has 52 valence electrons. The maximum atomic E-state index is 3.40. The van der Waals surface area contributed by atoms with Gasteiger partial charge in [0.25, 0.3) is 0 Å². The van der Waals surface area contributed by atoms with Crippen molar-refractivity contribution in [1.82, 2.24) is 0 Å². The summed E-state index contributed by atoms with van der Waals surface area (Å²) >= 11 is 3.40. The summed E-state index contributed by atoms with van der Waals surface area (Å²) < 4.78 is 1.15. The van der Waals surface area contributed by atoms with Crippen LogP contribution in [-0.2, 0) is 0 Å². The zero-order chi connectivity index (χ0) is 6.97. The Balaban J connectivity index is 2.28. The Morgan fingerprint density at radius 3 is 2.20 bits per heavy atom. The summed E-state index contributed by atoms with van der Waals surface area (Å²) in [6.07, 6.45) is 0. The average Bonchev–Trinajstić information content (AvgIpc) is 2.71. The third-order valence-corrected chi connectivity index (χ3v) is 2.17. The number of nitrogens with zero attached hydrogens (tertiary/aromatic N) is 1. The van der Waals surface area contributed by atoms with E-state index in [0.29, 0.717) is 0 Å². The van der Waals surface area contributed by atoms with Crippen molar-refractivity contribution < 1.29 is 0 Å². The van der Waals surface area contributed by atoms with Crippen molar-refractivity contribution in [3.05, 3.63) is 28.7 Å². The van der Waals surface area contributed by atoms with Gasteiger partial charge in [0.15, 0.2) is 0 Å². The van der Waals surface area contributed by atoms with Crippen LogP contribution in [0.1, 0.15) is 0 Å². The van der Waals surface area contributed by atoms with Crippen LogP contribution in [0.5, 0.6) is 0 Å². The number of halogens is 1. The van der Waals surface area contributed by atoms with Crippen LogP contribution in [0, 0.1) is 0 Å². The Labute approximate surface area is 68.8 Å². The minimum absolute atomic E-state index is 1.15. The molecule has 1 aromatic carbocycles. The van der Waals surface area contributed by atoms with E-state index in [1.807, 2.05) is 0 Å². The largest absolute Gasteiger partial charge is 0.368 e. The predicted octanol–water partition coefficient (Wildman–Crippen LogP) is 2.27. The second-order valence-corrected chi connectivity index (χ2v) is 3.38. The van der Waals surface area contributed by atoms with E-state index < -0.39 is 0 Å². The van der Waals surface area contributed by atoms with Gasteiger partial charge in [0.05, 0.1) is 0 Å². The third-order valence-electron chi connectivity index (χ3n) is 1.64. The second-order valence-electron chi connectivity index (χ2n) is 2.46. The van der Waals surface area contributed by atoms with Crippen molar-refractivity contribution in [3.8, 4) is 0 Å². The SMILES string of the molecule is Brc1ccc(N2CC2)cc1. The van der Waals surface area contributed by atoms with Gasteiger partial charge in [-0.15, -0.1) is 0 Å². The maximum Gasteiger partial charge on any atom is 0.0368 e. The Bertz CT molecular complexity index is 226. The van der Waals surface area contributed by atoms with Gasteiger partial charge >= 0.3 is 0 Å². The lowest BCUT2D eigenvalue weighted by Crippen LogP contribution is -1.88. The number of hydrogen-bond donors (Lipinski definition) is 0. The molecule has 10 heavy (non-hydrogen) atoms. The first-order valence-electron chi connectivity index (χ1n) is 3.37. The molecule has 0 saturated carbocycles. The standard InChI is InChI=1S/C8H8BrN/c9-7-1-3-8(4-2-7)10-5-6-10/h1-4H,5-6H2. The molecule has 1 heterocycles. The van der Waals surface area contributed by atoms with Crippen LogP contribution in [0.2, 0.25) is 0 Å². The number of anilines is 1. The molecule has 1 fully saturated rings. The van der Waals surface area contributed by atoms with Gasteiger partial charge in [-0.05, 0) is 24.3 Å². The van der Waals surface area contributed by atoms with Crippen LogP contribution < -0.4 is 4.90 Å². The van der Waals surface area contributed by atoms with E-state index in [4.69, 9.17) is 0 Å². The summed E-state index contributed by atoms with van der Waals surface area (Å²) in [4.78, 5) is 2.33. The molecule has 0 unspecified atom stereocenters. The van der Waals surface area contributed by atoms with E-state index in [2.05, 4.69) is 45.1 Å². The monoisotopic (exact) mass is 197 g/mol. The van der Waals surface area contributed by atoms with E-state index in [1.54, 1.807) is 0 Å². The summed E-state index contributed by atoms with van der Waals surface area (Å²) in [7, 11) is 0.